The van der Waals surface area contributed by atoms with E-state index in [4.69, 9.17) is 16.3 Å². The first-order chi connectivity index (χ1) is 5.75. The molecule has 0 saturated heterocycles. The van der Waals surface area contributed by atoms with Gasteiger partial charge in [-0.2, -0.15) is 0 Å². The van der Waals surface area contributed by atoms with E-state index in [0.717, 1.165) is 0 Å². The molecule has 1 atom stereocenters. The van der Waals surface area contributed by atoms with Gasteiger partial charge < -0.3 is 9.84 Å². The molecule has 0 spiro atoms. The van der Waals surface area contributed by atoms with Crippen LogP contribution in [0.3, 0.4) is 0 Å². The van der Waals surface area contributed by atoms with Crippen molar-refractivity contribution in [3.8, 4) is 0 Å². The lowest BCUT2D eigenvalue weighted by molar-refractivity contribution is 0.0644. The molecular formula is C9H11ClO2. The molecule has 0 fully saturated rings. The molecule has 0 aliphatic heterocycles. The Morgan fingerprint density at radius 2 is 2.17 bits per heavy atom. The molecule has 1 aromatic carbocycles. The number of hydrogen-bond donors (Lipinski definition) is 1. The zero-order chi connectivity index (χ0) is 8.97. The predicted octanol–water partition coefficient (Wildman–Crippen LogP) is 2.02. The van der Waals surface area contributed by atoms with Crippen LogP contribution in [0.5, 0.6) is 0 Å². The van der Waals surface area contributed by atoms with E-state index in [1.165, 1.54) is 0 Å². The van der Waals surface area contributed by atoms with E-state index in [-0.39, 0.29) is 6.61 Å². The quantitative estimate of drug-likeness (QED) is 0.783. The summed E-state index contributed by atoms with van der Waals surface area (Å²) in [5, 5.41) is 10.1. The average Bonchev–Trinajstić information content (AvgIpc) is 2.05. The SMILES string of the molecule is COCC(O)c1ccccc1Cl. The highest BCUT2D eigenvalue weighted by Crippen LogP contribution is 2.22. The molecule has 66 valence electrons. The molecule has 0 bridgehead atoms. The second-order valence-electron chi connectivity index (χ2n) is 2.49. The van der Waals surface area contributed by atoms with Crippen LogP contribution in [0.4, 0.5) is 0 Å². The number of halogens is 1. The molecule has 0 heterocycles. The monoisotopic (exact) mass is 186 g/mol. The Balaban J connectivity index is 2.79. The lowest BCUT2D eigenvalue weighted by atomic mass is 10.1. The zero-order valence-corrected chi connectivity index (χ0v) is 7.58. The van der Waals surface area contributed by atoms with Crippen molar-refractivity contribution in [3.05, 3.63) is 34.9 Å². The molecule has 0 saturated carbocycles. The van der Waals surface area contributed by atoms with Gasteiger partial charge in [0.1, 0.15) is 6.10 Å². The minimum absolute atomic E-state index is 0.268. The zero-order valence-electron chi connectivity index (χ0n) is 6.83. The Labute approximate surface area is 76.7 Å². The molecular weight excluding hydrogens is 176 g/mol. The Morgan fingerprint density at radius 3 is 2.75 bits per heavy atom. The van der Waals surface area contributed by atoms with Crippen molar-refractivity contribution in [2.75, 3.05) is 13.7 Å². The van der Waals surface area contributed by atoms with Gasteiger partial charge >= 0.3 is 0 Å². The van der Waals surface area contributed by atoms with E-state index in [1.54, 1.807) is 19.2 Å². The second-order valence-corrected chi connectivity index (χ2v) is 2.90. The minimum Gasteiger partial charge on any atom is -0.386 e. The summed E-state index contributed by atoms with van der Waals surface area (Å²) in [4.78, 5) is 0. The van der Waals surface area contributed by atoms with E-state index in [9.17, 15) is 5.11 Å². The van der Waals surface area contributed by atoms with E-state index < -0.39 is 6.10 Å². The number of hydrogen-bond acceptors (Lipinski definition) is 2. The maximum absolute atomic E-state index is 9.49. The normalized spacial score (nSPS) is 12.9. The van der Waals surface area contributed by atoms with E-state index in [1.807, 2.05) is 12.1 Å². The van der Waals surface area contributed by atoms with Gasteiger partial charge in [0.15, 0.2) is 0 Å². The number of benzene rings is 1. The van der Waals surface area contributed by atoms with Gasteiger partial charge in [-0.05, 0) is 6.07 Å². The van der Waals surface area contributed by atoms with Crippen molar-refractivity contribution in [3.63, 3.8) is 0 Å². The van der Waals surface area contributed by atoms with Gasteiger partial charge in [0.25, 0.3) is 0 Å². The molecule has 3 heteroatoms. The van der Waals surface area contributed by atoms with E-state index in [2.05, 4.69) is 0 Å². The molecule has 2 nitrogen and oxygen atoms in total. The van der Waals surface area contributed by atoms with Gasteiger partial charge in [-0.3, -0.25) is 0 Å². The van der Waals surface area contributed by atoms with Crippen LogP contribution in [0.15, 0.2) is 24.3 Å². The summed E-state index contributed by atoms with van der Waals surface area (Å²) >= 11 is 5.84. The van der Waals surface area contributed by atoms with E-state index in [0.29, 0.717) is 10.6 Å². The maximum atomic E-state index is 9.49. The summed E-state index contributed by atoms with van der Waals surface area (Å²) in [6.07, 6.45) is -0.635. The highest BCUT2D eigenvalue weighted by atomic mass is 35.5. The molecule has 0 amide bonds. The van der Waals surface area contributed by atoms with Gasteiger partial charge in [-0.15, -0.1) is 0 Å². The standard InChI is InChI=1S/C9H11ClO2/c1-12-6-9(11)7-4-2-3-5-8(7)10/h2-5,9,11H,6H2,1H3. The van der Waals surface area contributed by atoms with Crippen LogP contribution in [0, 0.1) is 0 Å². The first kappa shape index (κ1) is 9.52. The van der Waals surface area contributed by atoms with Crippen LogP contribution in [0.1, 0.15) is 11.7 Å². The summed E-state index contributed by atoms with van der Waals surface area (Å²) in [6, 6.07) is 7.19. The van der Waals surface area contributed by atoms with Gasteiger partial charge in [-0.25, -0.2) is 0 Å². The third-order valence-corrected chi connectivity index (χ3v) is 1.93. The number of methoxy groups -OCH3 is 1. The van der Waals surface area contributed by atoms with Crippen molar-refractivity contribution in [1.82, 2.24) is 0 Å². The van der Waals surface area contributed by atoms with Crippen molar-refractivity contribution in [1.29, 1.82) is 0 Å². The van der Waals surface area contributed by atoms with Gasteiger partial charge in [-0.1, -0.05) is 29.8 Å². The first-order valence-corrected chi connectivity index (χ1v) is 4.05. The number of aliphatic hydroxyl groups excluding tert-OH is 1. The predicted molar refractivity (Wildman–Crippen MR) is 48.3 cm³/mol. The molecule has 0 radical (unpaired) electrons. The fraction of sp³-hybridized carbons (Fsp3) is 0.333. The number of rotatable bonds is 3. The van der Waals surface area contributed by atoms with Crippen LogP contribution >= 0.6 is 11.6 Å². The summed E-state index contributed by atoms with van der Waals surface area (Å²) in [5.74, 6) is 0. The molecule has 0 aromatic heterocycles. The van der Waals surface area contributed by atoms with Crippen LogP contribution in [0.2, 0.25) is 5.02 Å². The molecule has 1 N–H and O–H groups in total. The molecule has 1 aromatic rings. The minimum atomic E-state index is -0.635. The first-order valence-electron chi connectivity index (χ1n) is 3.67. The highest BCUT2D eigenvalue weighted by Gasteiger charge is 2.09. The molecule has 1 rings (SSSR count). The van der Waals surface area contributed by atoms with Crippen molar-refractivity contribution in [2.45, 2.75) is 6.10 Å². The Morgan fingerprint density at radius 1 is 1.50 bits per heavy atom. The third kappa shape index (κ3) is 2.21. The van der Waals surface area contributed by atoms with Crippen molar-refractivity contribution >= 4 is 11.6 Å². The van der Waals surface area contributed by atoms with Crippen molar-refractivity contribution < 1.29 is 9.84 Å². The lowest BCUT2D eigenvalue weighted by Crippen LogP contribution is -2.05. The Bertz CT molecular complexity index is 250. The van der Waals surface area contributed by atoms with E-state index >= 15 is 0 Å². The van der Waals surface area contributed by atoms with Gasteiger partial charge in [0.05, 0.1) is 6.61 Å². The topological polar surface area (TPSA) is 29.5 Å². The van der Waals surface area contributed by atoms with Crippen LogP contribution in [-0.4, -0.2) is 18.8 Å². The van der Waals surface area contributed by atoms with Crippen LogP contribution in [-0.2, 0) is 4.74 Å². The fourth-order valence-electron chi connectivity index (χ4n) is 0.993. The van der Waals surface area contributed by atoms with Crippen LogP contribution in [0.25, 0.3) is 0 Å². The molecule has 0 aliphatic rings. The summed E-state index contributed by atoms with van der Waals surface area (Å²) < 4.78 is 4.80. The number of aliphatic hydroxyl groups is 1. The third-order valence-electron chi connectivity index (χ3n) is 1.59. The Hall–Kier alpha value is -0.570. The van der Waals surface area contributed by atoms with Gasteiger partial charge in [0.2, 0.25) is 0 Å². The average molecular weight is 187 g/mol. The lowest BCUT2D eigenvalue weighted by Gasteiger charge is -2.10. The smallest absolute Gasteiger partial charge is 0.104 e. The fourth-order valence-corrected chi connectivity index (χ4v) is 1.25. The Kier molecular flexibility index (Phi) is 3.53. The summed E-state index contributed by atoms with van der Waals surface area (Å²) in [7, 11) is 1.54. The van der Waals surface area contributed by atoms with Crippen LogP contribution < -0.4 is 0 Å². The highest BCUT2D eigenvalue weighted by molar-refractivity contribution is 6.31. The summed E-state index contributed by atoms with van der Waals surface area (Å²) in [5.41, 5.74) is 0.709. The second kappa shape index (κ2) is 4.45. The molecule has 12 heavy (non-hydrogen) atoms. The summed E-state index contributed by atoms with van der Waals surface area (Å²) in [6.45, 7) is 0.268. The largest absolute Gasteiger partial charge is 0.386 e. The van der Waals surface area contributed by atoms with Gasteiger partial charge in [0, 0.05) is 17.7 Å². The molecule has 0 aliphatic carbocycles. The van der Waals surface area contributed by atoms with Crippen molar-refractivity contribution in [2.24, 2.45) is 0 Å². The number of ether oxygens (including phenoxy) is 1. The molecule has 1 unspecified atom stereocenters. The maximum Gasteiger partial charge on any atom is 0.104 e.